The summed E-state index contributed by atoms with van der Waals surface area (Å²) in [7, 11) is 1.37. The van der Waals surface area contributed by atoms with Crippen molar-refractivity contribution in [2.75, 3.05) is 7.05 Å². The molecule has 1 aromatic rings. The molecular weight excluding hydrogens is 257 g/mol. The van der Waals surface area contributed by atoms with Crippen molar-refractivity contribution in [2.24, 2.45) is 0 Å². The molecule has 1 amide bonds. The molecule has 0 radical (unpaired) electrons. The van der Waals surface area contributed by atoms with E-state index in [4.69, 9.17) is 0 Å². The van der Waals surface area contributed by atoms with Gasteiger partial charge in [-0.2, -0.15) is 13.2 Å². The van der Waals surface area contributed by atoms with Crippen LogP contribution in [0.25, 0.3) is 0 Å². The molecule has 1 aromatic heterocycles. The van der Waals surface area contributed by atoms with Crippen LogP contribution >= 0.6 is 0 Å². The molecule has 2 rings (SSSR count). The van der Waals surface area contributed by atoms with Crippen LogP contribution in [0.2, 0.25) is 0 Å². The fraction of sp³-hybridized carbons (Fsp3) is 0.538. The number of carbonyl (C=O) groups is 1. The van der Waals surface area contributed by atoms with E-state index < -0.39 is 17.6 Å². The maximum absolute atomic E-state index is 12.8. The Kier molecular flexibility index (Phi) is 3.78. The quantitative estimate of drug-likeness (QED) is 0.898. The molecular formula is C13H15F3N2O. The van der Waals surface area contributed by atoms with Crippen LogP contribution in [0.4, 0.5) is 13.2 Å². The van der Waals surface area contributed by atoms with Gasteiger partial charge in [-0.3, -0.25) is 4.79 Å². The Morgan fingerprint density at radius 3 is 2.47 bits per heavy atom. The van der Waals surface area contributed by atoms with Gasteiger partial charge in [0.15, 0.2) is 0 Å². The predicted molar refractivity (Wildman–Crippen MR) is 63.8 cm³/mol. The second-order valence-corrected chi connectivity index (χ2v) is 4.72. The fourth-order valence-corrected chi connectivity index (χ4v) is 2.39. The third kappa shape index (κ3) is 3.05. The number of alkyl halides is 3. The number of amides is 1. The normalized spacial score (nSPS) is 16.6. The molecule has 0 atom stereocenters. The number of carbonyl (C=O) groups excluding carboxylic acids is 1. The molecule has 3 nitrogen and oxygen atoms in total. The van der Waals surface area contributed by atoms with Crippen molar-refractivity contribution in [1.29, 1.82) is 0 Å². The van der Waals surface area contributed by atoms with Crippen LogP contribution in [0, 0.1) is 0 Å². The Balaban J connectivity index is 2.45. The molecule has 1 saturated carbocycles. The summed E-state index contributed by atoms with van der Waals surface area (Å²) in [5.41, 5.74) is -0.590. The first-order valence-corrected chi connectivity index (χ1v) is 6.23. The van der Waals surface area contributed by atoms with Crippen molar-refractivity contribution in [3.05, 3.63) is 29.1 Å². The van der Waals surface area contributed by atoms with Crippen LogP contribution in [-0.2, 0) is 6.18 Å². The molecule has 6 heteroatoms. The first-order chi connectivity index (χ1) is 8.91. The smallest absolute Gasteiger partial charge is 0.354 e. The third-order valence-electron chi connectivity index (χ3n) is 3.41. The lowest BCUT2D eigenvalue weighted by molar-refractivity contribution is -0.137. The SMILES string of the molecule is CNC(=O)c1cc(C(F)(F)F)cc(C2CCCC2)n1. The van der Waals surface area contributed by atoms with E-state index in [1.807, 2.05) is 0 Å². The highest BCUT2D eigenvalue weighted by Gasteiger charge is 2.33. The van der Waals surface area contributed by atoms with E-state index >= 15 is 0 Å². The molecule has 19 heavy (non-hydrogen) atoms. The summed E-state index contributed by atoms with van der Waals surface area (Å²) in [6.45, 7) is 0. The highest BCUT2D eigenvalue weighted by molar-refractivity contribution is 5.92. The van der Waals surface area contributed by atoms with Crippen molar-refractivity contribution in [1.82, 2.24) is 10.3 Å². The van der Waals surface area contributed by atoms with Gasteiger partial charge in [-0.1, -0.05) is 12.8 Å². The zero-order valence-electron chi connectivity index (χ0n) is 10.5. The Morgan fingerprint density at radius 1 is 1.32 bits per heavy atom. The first kappa shape index (κ1) is 13.8. The molecule has 0 aromatic carbocycles. The Hall–Kier alpha value is -1.59. The van der Waals surface area contributed by atoms with Gasteiger partial charge in [-0.15, -0.1) is 0 Å². The van der Waals surface area contributed by atoms with E-state index in [0.29, 0.717) is 5.69 Å². The van der Waals surface area contributed by atoms with Crippen LogP contribution in [0.3, 0.4) is 0 Å². The minimum atomic E-state index is -4.46. The molecule has 0 saturated heterocycles. The van der Waals surface area contributed by atoms with E-state index in [9.17, 15) is 18.0 Å². The lowest BCUT2D eigenvalue weighted by atomic mass is 10.0. The van der Waals surface area contributed by atoms with E-state index in [2.05, 4.69) is 10.3 Å². The second kappa shape index (κ2) is 5.19. The van der Waals surface area contributed by atoms with Gasteiger partial charge in [-0.25, -0.2) is 4.98 Å². The summed E-state index contributed by atoms with van der Waals surface area (Å²) >= 11 is 0. The van der Waals surface area contributed by atoms with Crippen molar-refractivity contribution in [2.45, 2.75) is 37.8 Å². The molecule has 1 aliphatic rings. The molecule has 104 valence electrons. The van der Waals surface area contributed by atoms with Crippen LogP contribution < -0.4 is 5.32 Å². The summed E-state index contributed by atoms with van der Waals surface area (Å²) in [5.74, 6) is -0.559. The van der Waals surface area contributed by atoms with E-state index in [1.165, 1.54) is 7.05 Å². The number of nitrogens with zero attached hydrogens (tertiary/aromatic N) is 1. The number of rotatable bonds is 2. The van der Waals surface area contributed by atoms with Crippen LogP contribution in [-0.4, -0.2) is 17.9 Å². The first-order valence-electron chi connectivity index (χ1n) is 6.23. The van der Waals surface area contributed by atoms with Crippen molar-refractivity contribution < 1.29 is 18.0 Å². The highest BCUT2D eigenvalue weighted by Crippen LogP contribution is 2.36. The van der Waals surface area contributed by atoms with E-state index in [0.717, 1.165) is 37.8 Å². The van der Waals surface area contributed by atoms with Gasteiger partial charge in [0.1, 0.15) is 5.69 Å². The van der Waals surface area contributed by atoms with Crippen molar-refractivity contribution >= 4 is 5.91 Å². The Bertz CT molecular complexity index is 479. The summed E-state index contributed by atoms with van der Waals surface area (Å²) in [6, 6.07) is 1.87. The Labute approximate surface area is 109 Å². The molecule has 1 fully saturated rings. The average molecular weight is 272 g/mol. The molecule has 1 N–H and O–H groups in total. The summed E-state index contributed by atoms with van der Waals surface area (Å²) in [5, 5.41) is 2.31. The zero-order chi connectivity index (χ0) is 14.0. The third-order valence-corrected chi connectivity index (χ3v) is 3.41. The molecule has 0 bridgehead atoms. The maximum Gasteiger partial charge on any atom is 0.416 e. The van der Waals surface area contributed by atoms with Gasteiger partial charge < -0.3 is 5.32 Å². The lowest BCUT2D eigenvalue weighted by Gasteiger charge is -2.14. The molecule has 0 aliphatic heterocycles. The van der Waals surface area contributed by atoms with Gasteiger partial charge in [0, 0.05) is 18.7 Å². The predicted octanol–water partition coefficient (Wildman–Crippen LogP) is 3.12. The number of pyridine rings is 1. The summed E-state index contributed by atoms with van der Waals surface area (Å²) < 4.78 is 38.5. The molecule has 0 unspecified atom stereocenters. The number of aromatic nitrogens is 1. The Morgan fingerprint density at radius 2 is 1.95 bits per heavy atom. The topological polar surface area (TPSA) is 42.0 Å². The monoisotopic (exact) mass is 272 g/mol. The maximum atomic E-state index is 12.8. The number of nitrogens with one attached hydrogen (secondary N) is 1. The van der Waals surface area contributed by atoms with Crippen molar-refractivity contribution in [3.8, 4) is 0 Å². The van der Waals surface area contributed by atoms with Crippen LogP contribution in [0.1, 0.15) is 53.3 Å². The molecule has 0 spiro atoms. The van der Waals surface area contributed by atoms with E-state index in [1.54, 1.807) is 0 Å². The zero-order valence-corrected chi connectivity index (χ0v) is 10.5. The largest absolute Gasteiger partial charge is 0.416 e. The van der Waals surface area contributed by atoms with Crippen LogP contribution in [0.5, 0.6) is 0 Å². The second-order valence-electron chi connectivity index (χ2n) is 4.72. The average Bonchev–Trinajstić information content (AvgIpc) is 2.90. The van der Waals surface area contributed by atoms with Crippen molar-refractivity contribution in [3.63, 3.8) is 0 Å². The fourth-order valence-electron chi connectivity index (χ4n) is 2.39. The minimum Gasteiger partial charge on any atom is -0.354 e. The van der Waals surface area contributed by atoms with Gasteiger partial charge in [-0.05, 0) is 25.0 Å². The van der Waals surface area contributed by atoms with Gasteiger partial charge >= 0.3 is 6.18 Å². The highest BCUT2D eigenvalue weighted by atomic mass is 19.4. The van der Waals surface area contributed by atoms with E-state index in [-0.39, 0.29) is 11.6 Å². The van der Waals surface area contributed by atoms with Gasteiger partial charge in [0.25, 0.3) is 5.91 Å². The standard InChI is InChI=1S/C13H15F3N2O/c1-17-12(19)11-7-9(13(14,15)16)6-10(18-11)8-4-2-3-5-8/h6-8H,2-5H2,1H3,(H,17,19). The number of halogens is 3. The summed E-state index contributed by atoms with van der Waals surface area (Å²) in [4.78, 5) is 15.6. The van der Waals surface area contributed by atoms with Crippen LogP contribution in [0.15, 0.2) is 12.1 Å². The van der Waals surface area contributed by atoms with Gasteiger partial charge in [0.2, 0.25) is 0 Å². The lowest BCUT2D eigenvalue weighted by Crippen LogP contribution is -2.21. The summed E-state index contributed by atoms with van der Waals surface area (Å²) in [6.07, 6.45) is -0.794. The molecule has 1 aliphatic carbocycles. The molecule has 1 heterocycles. The number of hydrogen-bond donors (Lipinski definition) is 1. The minimum absolute atomic E-state index is 0.0331. The number of hydrogen-bond acceptors (Lipinski definition) is 2. The van der Waals surface area contributed by atoms with Gasteiger partial charge in [0.05, 0.1) is 5.56 Å².